The fourth-order valence-electron chi connectivity index (χ4n) is 2.45. The lowest BCUT2D eigenvalue weighted by Crippen LogP contribution is -2.28. The molecule has 106 valence electrons. The van der Waals surface area contributed by atoms with Crippen molar-refractivity contribution < 1.29 is 0 Å². The zero-order valence-electron chi connectivity index (χ0n) is 11.3. The Balaban J connectivity index is 1.77. The van der Waals surface area contributed by atoms with E-state index in [0.29, 0.717) is 0 Å². The number of nitrogens with one attached hydrogen (secondary N) is 1. The van der Waals surface area contributed by atoms with Gasteiger partial charge in [0.15, 0.2) is 0 Å². The normalized spacial score (nSPS) is 17.1. The minimum atomic E-state index is 0.894. The third kappa shape index (κ3) is 3.26. The average Bonchev–Trinajstić information content (AvgIpc) is 2.75. The van der Waals surface area contributed by atoms with Crippen LogP contribution in [0.1, 0.15) is 12.1 Å². The van der Waals surface area contributed by atoms with E-state index < -0.39 is 0 Å². The molecule has 6 heteroatoms. The lowest BCUT2D eigenvalue weighted by molar-refractivity contribution is 0.278. The van der Waals surface area contributed by atoms with E-state index in [1.165, 1.54) is 6.42 Å². The van der Waals surface area contributed by atoms with Crippen LogP contribution in [0.25, 0.3) is 5.69 Å². The third-order valence-electron chi connectivity index (χ3n) is 3.51. The van der Waals surface area contributed by atoms with Crippen LogP contribution in [-0.2, 0) is 6.54 Å². The summed E-state index contributed by atoms with van der Waals surface area (Å²) in [4.78, 5) is 2.45. The van der Waals surface area contributed by atoms with E-state index >= 15 is 0 Å². The number of hydrogen-bond acceptors (Lipinski definition) is 4. The molecule has 1 aromatic carbocycles. The van der Waals surface area contributed by atoms with Crippen molar-refractivity contribution in [1.29, 1.82) is 0 Å². The number of aromatic nitrogens is 3. The quantitative estimate of drug-likeness (QED) is 0.929. The van der Waals surface area contributed by atoms with Gasteiger partial charge in [-0.25, -0.2) is 4.68 Å². The smallest absolute Gasteiger partial charge is 0.0786 e. The summed E-state index contributed by atoms with van der Waals surface area (Å²) in [5.41, 5.74) is 2.18. The predicted octanol–water partition coefficient (Wildman–Crippen LogP) is 1.83. The Hall–Kier alpha value is -1.24. The van der Waals surface area contributed by atoms with Crippen molar-refractivity contribution in [2.45, 2.75) is 13.0 Å². The molecule has 0 aliphatic carbocycles. The minimum Gasteiger partial charge on any atom is -0.315 e. The highest BCUT2D eigenvalue weighted by Gasteiger charge is 2.13. The van der Waals surface area contributed by atoms with E-state index in [2.05, 4.69) is 36.5 Å². The second kappa shape index (κ2) is 6.47. The summed E-state index contributed by atoms with van der Waals surface area (Å²) < 4.78 is 2.99. The zero-order chi connectivity index (χ0) is 13.8. The van der Waals surface area contributed by atoms with Crippen molar-refractivity contribution in [2.24, 2.45) is 0 Å². The van der Waals surface area contributed by atoms with Crippen LogP contribution in [-0.4, -0.2) is 46.1 Å². The van der Waals surface area contributed by atoms with E-state index in [-0.39, 0.29) is 0 Å². The number of nitrogens with zero attached hydrogens (tertiary/aromatic N) is 4. The SMILES string of the molecule is Brc1ccc(-n2nncc2CN2CCCNCC2)cc1. The van der Waals surface area contributed by atoms with Gasteiger partial charge in [0.1, 0.15) is 0 Å². The maximum absolute atomic E-state index is 4.21. The first-order valence-electron chi connectivity index (χ1n) is 6.91. The summed E-state index contributed by atoms with van der Waals surface area (Å²) >= 11 is 3.46. The molecule has 1 fully saturated rings. The zero-order valence-corrected chi connectivity index (χ0v) is 12.9. The van der Waals surface area contributed by atoms with Crippen LogP contribution in [0.3, 0.4) is 0 Å². The Labute approximate surface area is 127 Å². The Morgan fingerprint density at radius 2 is 2.00 bits per heavy atom. The van der Waals surface area contributed by atoms with Crippen LogP contribution in [0.15, 0.2) is 34.9 Å². The van der Waals surface area contributed by atoms with E-state index in [9.17, 15) is 0 Å². The van der Waals surface area contributed by atoms with Gasteiger partial charge in [-0.2, -0.15) is 0 Å². The van der Waals surface area contributed by atoms with Crippen LogP contribution in [0.4, 0.5) is 0 Å². The third-order valence-corrected chi connectivity index (χ3v) is 4.04. The first-order valence-corrected chi connectivity index (χ1v) is 7.71. The molecule has 0 radical (unpaired) electrons. The molecule has 0 saturated carbocycles. The predicted molar refractivity (Wildman–Crippen MR) is 81.8 cm³/mol. The van der Waals surface area contributed by atoms with Crippen LogP contribution >= 0.6 is 15.9 Å². The molecule has 1 N–H and O–H groups in total. The summed E-state index contributed by atoms with van der Waals surface area (Å²) in [6.07, 6.45) is 3.06. The molecule has 0 unspecified atom stereocenters. The molecule has 1 aliphatic heterocycles. The van der Waals surface area contributed by atoms with E-state index in [1.54, 1.807) is 0 Å². The molecule has 0 bridgehead atoms. The molecule has 3 rings (SSSR count). The second-order valence-electron chi connectivity index (χ2n) is 4.99. The second-order valence-corrected chi connectivity index (χ2v) is 5.91. The summed E-state index contributed by atoms with van der Waals surface area (Å²) in [5.74, 6) is 0. The topological polar surface area (TPSA) is 46.0 Å². The van der Waals surface area contributed by atoms with Crippen molar-refractivity contribution in [1.82, 2.24) is 25.2 Å². The minimum absolute atomic E-state index is 0.894. The highest BCUT2D eigenvalue weighted by atomic mass is 79.9. The first kappa shape index (κ1) is 13.7. The Bertz CT molecular complexity index is 543. The largest absolute Gasteiger partial charge is 0.315 e. The Morgan fingerprint density at radius 1 is 1.15 bits per heavy atom. The van der Waals surface area contributed by atoms with Crippen LogP contribution in [0, 0.1) is 0 Å². The van der Waals surface area contributed by atoms with Crippen LogP contribution in [0.2, 0.25) is 0 Å². The number of rotatable bonds is 3. The molecule has 1 aromatic heterocycles. The van der Waals surface area contributed by atoms with Gasteiger partial charge in [-0.05, 0) is 43.8 Å². The van der Waals surface area contributed by atoms with Crippen molar-refractivity contribution in [2.75, 3.05) is 26.2 Å². The standard InChI is InChI=1S/C14H18BrN5/c15-12-2-4-13(5-3-12)20-14(10-17-18-20)11-19-8-1-6-16-7-9-19/h2-5,10,16H,1,6-9,11H2. The summed E-state index contributed by atoms with van der Waals surface area (Å²) in [6.45, 7) is 5.26. The molecule has 2 heterocycles. The number of halogens is 1. The van der Waals surface area contributed by atoms with Gasteiger partial charge in [0.25, 0.3) is 0 Å². The van der Waals surface area contributed by atoms with E-state index in [0.717, 1.165) is 48.6 Å². The molecule has 5 nitrogen and oxygen atoms in total. The van der Waals surface area contributed by atoms with Gasteiger partial charge < -0.3 is 5.32 Å². The molecule has 0 amide bonds. The van der Waals surface area contributed by atoms with E-state index in [1.807, 2.05) is 35.1 Å². The highest BCUT2D eigenvalue weighted by molar-refractivity contribution is 9.10. The Morgan fingerprint density at radius 3 is 2.85 bits per heavy atom. The van der Waals surface area contributed by atoms with Crippen molar-refractivity contribution in [3.63, 3.8) is 0 Å². The molecular formula is C14H18BrN5. The maximum atomic E-state index is 4.21. The first-order chi connectivity index (χ1) is 9.83. The maximum Gasteiger partial charge on any atom is 0.0786 e. The summed E-state index contributed by atoms with van der Waals surface area (Å²) in [5, 5.41) is 11.7. The van der Waals surface area contributed by atoms with Gasteiger partial charge in [-0.3, -0.25) is 4.90 Å². The monoisotopic (exact) mass is 335 g/mol. The molecule has 0 spiro atoms. The van der Waals surface area contributed by atoms with Gasteiger partial charge in [0, 0.05) is 24.1 Å². The van der Waals surface area contributed by atoms with Crippen molar-refractivity contribution in [3.05, 3.63) is 40.6 Å². The van der Waals surface area contributed by atoms with Crippen molar-refractivity contribution in [3.8, 4) is 5.69 Å². The number of benzene rings is 1. The van der Waals surface area contributed by atoms with E-state index in [4.69, 9.17) is 0 Å². The Kier molecular flexibility index (Phi) is 4.44. The van der Waals surface area contributed by atoms with Crippen molar-refractivity contribution >= 4 is 15.9 Å². The lowest BCUT2D eigenvalue weighted by atomic mass is 10.3. The molecule has 2 aromatic rings. The average molecular weight is 336 g/mol. The molecule has 0 atom stereocenters. The van der Waals surface area contributed by atoms with Gasteiger partial charge in [-0.1, -0.05) is 21.1 Å². The fraction of sp³-hybridized carbons (Fsp3) is 0.429. The molecular weight excluding hydrogens is 318 g/mol. The van der Waals surface area contributed by atoms with Gasteiger partial charge in [0.05, 0.1) is 17.6 Å². The lowest BCUT2D eigenvalue weighted by Gasteiger charge is -2.19. The van der Waals surface area contributed by atoms with Gasteiger partial charge >= 0.3 is 0 Å². The van der Waals surface area contributed by atoms with Crippen LogP contribution in [0.5, 0.6) is 0 Å². The number of hydrogen-bond donors (Lipinski definition) is 1. The summed E-state index contributed by atoms with van der Waals surface area (Å²) in [6, 6.07) is 8.14. The fourth-order valence-corrected chi connectivity index (χ4v) is 2.72. The van der Waals surface area contributed by atoms with Gasteiger partial charge in [0.2, 0.25) is 0 Å². The summed E-state index contributed by atoms with van der Waals surface area (Å²) in [7, 11) is 0. The molecule has 1 aliphatic rings. The molecule has 1 saturated heterocycles. The van der Waals surface area contributed by atoms with Gasteiger partial charge in [-0.15, -0.1) is 5.10 Å². The highest BCUT2D eigenvalue weighted by Crippen LogP contribution is 2.15. The van der Waals surface area contributed by atoms with Crippen LogP contribution < -0.4 is 5.32 Å². The molecule has 20 heavy (non-hydrogen) atoms.